The molecule has 1 fully saturated rings. The fourth-order valence-corrected chi connectivity index (χ4v) is 3.45. The van der Waals surface area contributed by atoms with E-state index in [-0.39, 0.29) is 11.3 Å². The molecule has 0 aromatic rings. The van der Waals surface area contributed by atoms with Crippen molar-refractivity contribution in [2.75, 3.05) is 0 Å². The average molecular weight is 247 g/mol. The molecule has 0 saturated heterocycles. The highest BCUT2D eigenvalue weighted by Gasteiger charge is 2.27. The fourth-order valence-electron chi connectivity index (χ4n) is 2.40. The van der Waals surface area contributed by atoms with Crippen LogP contribution in [0.3, 0.4) is 0 Å². The summed E-state index contributed by atoms with van der Waals surface area (Å²) < 4.78 is 26.5. The quantitative estimate of drug-likeness (QED) is 0.812. The van der Waals surface area contributed by atoms with Gasteiger partial charge in [0, 0.05) is 6.04 Å². The molecule has 1 N–H and O–H groups in total. The van der Waals surface area contributed by atoms with E-state index < -0.39 is 10.0 Å². The van der Waals surface area contributed by atoms with Gasteiger partial charge in [-0.2, -0.15) is 0 Å². The molecule has 1 saturated carbocycles. The third kappa shape index (κ3) is 3.74. The van der Waals surface area contributed by atoms with Crippen molar-refractivity contribution < 1.29 is 8.42 Å². The van der Waals surface area contributed by atoms with E-state index in [1.54, 1.807) is 13.8 Å². The number of hydrogen-bond donors (Lipinski definition) is 1. The third-order valence-corrected chi connectivity index (χ3v) is 5.47. The van der Waals surface area contributed by atoms with Crippen LogP contribution in [0.15, 0.2) is 0 Å². The van der Waals surface area contributed by atoms with Crippen LogP contribution in [0.2, 0.25) is 0 Å². The van der Waals surface area contributed by atoms with Crippen molar-refractivity contribution in [2.45, 2.75) is 70.6 Å². The van der Waals surface area contributed by atoms with Crippen molar-refractivity contribution in [2.24, 2.45) is 5.92 Å². The zero-order chi connectivity index (χ0) is 12.2. The lowest BCUT2D eigenvalue weighted by Gasteiger charge is -2.30. The maximum absolute atomic E-state index is 11.8. The maximum Gasteiger partial charge on any atom is 0.214 e. The molecule has 96 valence electrons. The smallest absolute Gasteiger partial charge is 0.212 e. The van der Waals surface area contributed by atoms with Gasteiger partial charge in [0.25, 0.3) is 0 Å². The van der Waals surface area contributed by atoms with Crippen molar-refractivity contribution in [3.05, 3.63) is 0 Å². The predicted molar refractivity (Wildman–Crippen MR) is 67.8 cm³/mol. The molecule has 0 spiro atoms. The Morgan fingerprint density at radius 2 is 1.75 bits per heavy atom. The zero-order valence-electron chi connectivity index (χ0n) is 10.7. The normalized spacial score (nSPS) is 21.2. The van der Waals surface area contributed by atoms with Crippen LogP contribution in [-0.2, 0) is 10.0 Å². The molecule has 0 aromatic carbocycles. The Kier molecular flexibility index (Phi) is 5.25. The molecule has 1 atom stereocenters. The Morgan fingerprint density at radius 3 is 2.19 bits per heavy atom. The first kappa shape index (κ1) is 14.0. The Labute approximate surface area is 100 Å². The fraction of sp³-hybridized carbons (Fsp3) is 1.00. The van der Waals surface area contributed by atoms with Gasteiger partial charge in [0.15, 0.2) is 0 Å². The standard InChI is InChI=1S/C12H25NO2S/c1-4-12(11-8-6-5-7-9-11)13-16(14,15)10(2)3/h10-13H,4-9H2,1-3H3. The molecule has 0 radical (unpaired) electrons. The third-order valence-electron chi connectivity index (χ3n) is 3.59. The van der Waals surface area contributed by atoms with E-state index in [2.05, 4.69) is 11.6 Å². The van der Waals surface area contributed by atoms with E-state index in [4.69, 9.17) is 0 Å². The second-order valence-corrected chi connectivity index (χ2v) is 7.39. The molecule has 1 aliphatic rings. The first-order valence-corrected chi connectivity index (χ1v) is 8.03. The second kappa shape index (κ2) is 6.01. The summed E-state index contributed by atoms with van der Waals surface area (Å²) in [6, 6.07) is 0.146. The summed E-state index contributed by atoms with van der Waals surface area (Å²) in [5, 5.41) is -0.329. The lowest BCUT2D eigenvalue weighted by molar-refractivity contribution is 0.285. The molecule has 0 aromatic heterocycles. The summed E-state index contributed by atoms with van der Waals surface area (Å²) in [6.45, 7) is 5.54. The average Bonchev–Trinajstić information content (AvgIpc) is 2.27. The van der Waals surface area contributed by atoms with Crippen LogP contribution in [0.5, 0.6) is 0 Å². The number of hydrogen-bond acceptors (Lipinski definition) is 2. The van der Waals surface area contributed by atoms with Gasteiger partial charge in [-0.25, -0.2) is 13.1 Å². The lowest BCUT2D eigenvalue weighted by Crippen LogP contribution is -2.43. The van der Waals surface area contributed by atoms with Gasteiger partial charge in [-0.3, -0.25) is 0 Å². The summed E-state index contributed by atoms with van der Waals surface area (Å²) in [6.07, 6.45) is 7.08. The largest absolute Gasteiger partial charge is 0.214 e. The Morgan fingerprint density at radius 1 is 1.19 bits per heavy atom. The minimum atomic E-state index is -3.11. The van der Waals surface area contributed by atoms with Gasteiger partial charge >= 0.3 is 0 Å². The number of nitrogens with one attached hydrogen (secondary N) is 1. The van der Waals surface area contributed by atoms with Crippen molar-refractivity contribution in [1.29, 1.82) is 0 Å². The molecule has 4 heteroatoms. The molecular formula is C12H25NO2S. The van der Waals surface area contributed by atoms with Gasteiger partial charge in [0.1, 0.15) is 0 Å². The molecule has 0 heterocycles. The monoisotopic (exact) mass is 247 g/mol. The van der Waals surface area contributed by atoms with Gasteiger partial charge in [-0.15, -0.1) is 0 Å². The van der Waals surface area contributed by atoms with E-state index in [9.17, 15) is 8.42 Å². The van der Waals surface area contributed by atoms with Crippen LogP contribution in [0.1, 0.15) is 59.3 Å². The van der Waals surface area contributed by atoms with Crippen LogP contribution in [-0.4, -0.2) is 19.7 Å². The molecular weight excluding hydrogens is 222 g/mol. The van der Waals surface area contributed by atoms with Crippen molar-refractivity contribution in [3.63, 3.8) is 0 Å². The van der Waals surface area contributed by atoms with Crippen LogP contribution in [0.4, 0.5) is 0 Å². The van der Waals surface area contributed by atoms with Crippen LogP contribution in [0.25, 0.3) is 0 Å². The Balaban J connectivity index is 2.60. The zero-order valence-corrected chi connectivity index (χ0v) is 11.5. The van der Waals surface area contributed by atoms with Gasteiger partial charge in [-0.05, 0) is 39.0 Å². The molecule has 0 aliphatic heterocycles. The first-order valence-electron chi connectivity index (χ1n) is 6.48. The number of rotatable bonds is 5. The molecule has 1 unspecified atom stereocenters. The van der Waals surface area contributed by atoms with E-state index in [1.165, 1.54) is 32.1 Å². The van der Waals surface area contributed by atoms with Crippen LogP contribution < -0.4 is 4.72 Å². The van der Waals surface area contributed by atoms with Gasteiger partial charge < -0.3 is 0 Å². The summed E-state index contributed by atoms with van der Waals surface area (Å²) in [4.78, 5) is 0. The second-order valence-electron chi connectivity index (χ2n) is 5.12. The Bertz CT molecular complexity index is 292. The minimum absolute atomic E-state index is 0.146. The Hall–Kier alpha value is -0.0900. The van der Waals surface area contributed by atoms with Crippen molar-refractivity contribution in [1.82, 2.24) is 4.72 Å². The molecule has 1 rings (SSSR count). The van der Waals surface area contributed by atoms with Crippen LogP contribution in [0, 0.1) is 5.92 Å². The molecule has 1 aliphatic carbocycles. The molecule has 16 heavy (non-hydrogen) atoms. The topological polar surface area (TPSA) is 46.2 Å². The first-order chi connectivity index (χ1) is 7.47. The van der Waals surface area contributed by atoms with Gasteiger partial charge in [-0.1, -0.05) is 26.2 Å². The highest BCUT2D eigenvalue weighted by molar-refractivity contribution is 7.90. The highest BCUT2D eigenvalue weighted by atomic mass is 32.2. The highest BCUT2D eigenvalue weighted by Crippen LogP contribution is 2.28. The summed E-state index contributed by atoms with van der Waals surface area (Å²) in [5.41, 5.74) is 0. The lowest BCUT2D eigenvalue weighted by atomic mass is 9.83. The maximum atomic E-state index is 11.8. The summed E-state index contributed by atoms with van der Waals surface area (Å²) in [7, 11) is -3.11. The van der Waals surface area contributed by atoms with Crippen molar-refractivity contribution in [3.8, 4) is 0 Å². The van der Waals surface area contributed by atoms with Gasteiger partial charge in [0.05, 0.1) is 5.25 Å². The minimum Gasteiger partial charge on any atom is -0.212 e. The SMILES string of the molecule is CCC(NS(=O)(=O)C(C)C)C1CCCCC1. The van der Waals surface area contributed by atoms with Crippen molar-refractivity contribution >= 4 is 10.0 Å². The number of sulfonamides is 1. The molecule has 3 nitrogen and oxygen atoms in total. The van der Waals surface area contributed by atoms with Gasteiger partial charge in [0.2, 0.25) is 10.0 Å². The van der Waals surface area contributed by atoms with E-state index in [0.29, 0.717) is 5.92 Å². The predicted octanol–water partition coefficient (Wildman–Crippen LogP) is 2.67. The molecule has 0 bridgehead atoms. The van der Waals surface area contributed by atoms with E-state index in [0.717, 1.165) is 6.42 Å². The summed E-state index contributed by atoms with van der Waals surface area (Å²) >= 11 is 0. The van der Waals surface area contributed by atoms with Crippen LogP contribution >= 0.6 is 0 Å². The van der Waals surface area contributed by atoms with E-state index in [1.807, 2.05) is 0 Å². The molecule has 0 amide bonds. The summed E-state index contributed by atoms with van der Waals surface area (Å²) in [5.74, 6) is 0.548. The van der Waals surface area contributed by atoms with E-state index >= 15 is 0 Å².